The summed E-state index contributed by atoms with van der Waals surface area (Å²) in [6.07, 6.45) is 1.92. The number of aromatic nitrogens is 5. The average Bonchev–Trinajstić information content (AvgIpc) is 3.39. The molecule has 0 saturated carbocycles. The largest absolute Gasteiger partial charge is 0.351 e. The third-order valence-corrected chi connectivity index (χ3v) is 6.89. The fourth-order valence-electron chi connectivity index (χ4n) is 4.62. The topological polar surface area (TPSA) is 80.0 Å². The summed E-state index contributed by atoms with van der Waals surface area (Å²) >= 11 is 6.02. The number of carbonyl (C=O) groups is 1. The minimum Gasteiger partial charge on any atom is -0.351 e. The van der Waals surface area contributed by atoms with Gasteiger partial charge in [0.25, 0.3) is 0 Å². The molecule has 1 amide bonds. The summed E-state index contributed by atoms with van der Waals surface area (Å²) in [5, 5.41) is 9.31. The maximum absolute atomic E-state index is 13.0. The number of amides is 1. The predicted octanol–water partition coefficient (Wildman–Crippen LogP) is 4.42. The molecule has 0 spiro atoms. The van der Waals surface area contributed by atoms with Crippen LogP contribution in [0.25, 0.3) is 28.0 Å². The quantitative estimate of drug-likeness (QED) is 0.349. The second-order valence-corrected chi connectivity index (χ2v) is 9.39. The highest BCUT2D eigenvalue weighted by atomic mass is 35.5. The lowest BCUT2D eigenvalue weighted by molar-refractivity contribution is -0.130. The van der Waals surface area contributed by atoms with Crippen molar-refractivity contribution in [2.45, 2.75) is 6.42 Å². The van der Waals surface area contributed by atoms with Gasteiger partial charge in [0.15, 0.2) is 17.0 Å². The number of benzene rings is 3. The van der Waals surface area contributed by atoms with Gasteiger partial charge in [-0.15, -0.1) is 5.10 Å². The van der Waals surface area contributed by atoms with E-state index < -0.39 is 0 Å². The summed E-state index contributed by atoms with van der Waals surface area (Å²) in [5.41, 5.74) is 5.42. The lowest BCUT2D eigenvalue weighted by atomic mass is 10.0. The molecule has 1 saturated heterocycles. The number of anilines is 1. The van der Waals surface area contributed by atoms with Crippen LogP contribution in [0, 0.1) is 0 Å². The summed E-state index contributed by atoms with van der Waals surface area (Å²) in [5.74, 6) is 0.863. The summed E-state index contributed by atoms with van der Waals surface area (Å²) in [6, 6.07) is 25.8. The van der Waals surface area contributed by atoms with E-state index in [1.54, 1.807) is 16.8 Å². The average molecular weight is 510 g/mol. The summed E-state index contributed by atoms with van der Waals surface area (Å²) in [6.45, 7) is 2.58. The number of halogens is 1. The van der Waals surface area contributed by atoms with E-state index in [4.69, 9.17) is 11.6 Å². The van der Waals surface area contributed by atoms with Crippen molar-refractivity contribution in [2.24, 2.45) is 0 Å². The van der Waals surface area contributed by atoms with Gasteiger partial charge in [-0.05, 0) is 41.0 Å². The molecule has 184 valence electrons. The van der Waals surface area contributed by atoms with E-state index in [1.807, 2.05) is 47.4 Å². The number of hydrogen-bond acceptors (Lipinski definition) is 6. The van der Waals surface area contributed by atoms with Crippen LogP contribution >= 0.6 is 11.6 Å². The van der Waals surface area contributed by atoms with Crippen LogP contribution in [0.3, 0.4) is 0 Å². The molecular formula is C28H24ClN7O. The van der Waals surface area contributed by atoms with Gasteiger partial charge in [0.05, 0.1) is 12.1 Å². The van der Waals surface area contributed by atoms with Gasteiger partial charge < -0.3 is 9.80 Å². The fraction of sp³-hybridized carbons (Fsp3) is 0.179. The van der Waals surface area contributed by atoms with Gasteiger partial charge in [-0.3, -0.25) is 4.79 Å². The second-order valence-electron chi connectivity index (χ2n) is 8.95. The Morgan fingerprint density at radius 1 is 0.811 bits per heavy atom. The summed E-state index contributed by atoms with van der Waals surface area (Å²) in [4.78, 5) is 26.0. The molecule has 9 heteroatoms. The Balaban J connectivity index is 1.11. The van der Waals surface area contributed by atoms with Crippen LogP contribution in [0.15, 0.2) is 85.2 Å². The lowest BCUT2D eigenvalue weighted by Gasteiger charge is -2.35. The van der Waals surface area contributed by atoms with E-state index in [1.165, 1.54) is 11.9 Å². The van der Waals surface area contributed by atoms with Crippen LogP contribution < -0.4 is 4.90 Å². The van der Waals surface area contributed by atoms with Crippen molar-refractivity contribution in [3.05, 3.63) is 95.8 Å². The Bertz CT molecular complexity index is 1530. The van der Waals surface area contributed by atoms with Gasteiger partial charge in [-0.2, -0.15) is 4.68 Å². The van der Waals surface area contributed by atoms with E-state index in [9.17, 15) is 4.79 Å². The molecule has 1 aliphatic heterocycles. The first-order valence-electron chi connectivity index (χ1n) is 12.2. The van der Waals surface area contributed by atoms with Crippen LogP contribution in [0.4, 0.5) is 5.82 Å². The van der Waals surface area contributed by atoms with Crippen molar-refractivity contribution in [1.29, 1.82) is 0 Å². The molecule has 0 atom stereocenters. The molecule has 8 nitrogen and oxygen atoms in total. The minimum absolute atomic E-state index is 0.133. The normalized spacial score (nSPS) is 13.8. The van der Waals surface area contributed by atoms with Crippen molar-refractivity contribution in [1.82, 2.24) is 29.9 Å². The Labute approximate surface area is 219 Å². The lowest BCUT2D eigenvalue weighted by Crippen LogP contribution is -2.49. The molecule has 3 heterocycles. The predicted molar refractivity (Wildman–Crippen MR) is 144 cm³/mol. The zero-order valence-corrected chi connectivity index (χ0v) is 20.8. The Morgan fingerprint density at radius 2 is 1.51 bits per heavy atom. The van der Waals surface area contributed by atoms with Crippen LogP contribution in [-0.2, 0) is 11.2 Å². The molecule has 3 aromatic carbocycles. The van der Waals surface area contributed by atoms with Gasteiger partial charge in [0.2, 0.25) is 5.91 Å². The number of carbonyl (C=O) groups excluding carboxylic acids is 1. The van der Waals surface area contributed by atoms with E-state index in [-0.39, 0.29) is 5.91 Å². The first-order chi connectivity index (χ1) is 18.2. The van der Waals surface area contributed by atoms with Crippen LogP contribution in [-0.4, -0.2) is 61.9 Å². The van der Waals surface area contributed by atoms with Gasteiger partial charge >= 0.3 is 0 Å². The van der Waals surface area contributed by atoms with Crippen molar-refractivity contribution >= 4 is 34.5 Å². The number of nitrogens with zero attached hydrogens (tertiary/aromatic N) is 7. The highest BCUT2D eigenvalue weighted by Crippen LogP contribution is 2.25. The zero-order valence-electron chi connectivity index (χ0n) is 20.0. The Kier molecular flexibility index (Phi) is 6.24. The fourth-order valence-corrected chi connectivity index (χ4v) is 4.75. The van der Waals surface area contributed by atoms with Crippen molar-refractivity contribution in [3.63, 3.8) is 0 Å². The Hall–Kier alpha value is -4.30. The number of fused-ring (bicyclic) bond motifs is 1. The number of hydrogen-bond donors (Lipinski definition) is 0. The zero-order chi connectivity index (χ0) is 25.2. The molecule has 0 aliphatic carbocycles. The van der Waals surface area contributed by atoms with E-state index in [0.717, 1.165) is 22.6 Å². The Morgan fingerprint density at radius 3 is 2.24 bits per heavy atom. The molecule has 37 heavy (non-hydrogen) atoms. The SMILES string of the molecule is O=C(Cc1ccc(-c2ccccc2)cc1)N1CCN(c2ncnc3c2nnn3-c2ccc(Cl)cc2)CC1. The highest BCUT2D eigenvalue weighted by Gasteiger charge is 2.25. The maximum atomic E-state index is 13.0. The molecule has 0 unspecified atom stereocenters. The molecule has 5 aromatic rings. The second kappa shape index (κ2) is 9.99. The number of rotatable bonds is 5. The van der Waals surface area contributed by atoms with Gasteiger partial charge in [-0.25, -0.2) is 9.97 Å². The van der Waals surface area contributed by atoms with Crippen molar-refractivity contribution < 1.29 is 4.79 Å². The van der Waals surface area contributed by atoms with E-state index >= 15 is 0 Å². The monoisotopic (exact) mass is 509 g/mol. The molecule has 0 N–H and O–H groups in total. The molecule has 0 bridgehead atoms. The van der Waals surface area contributed by atoms with Gasteiger partial charge in [0.1, 0.15) is 6.33 Å². The van der Waals surface area contributed by atoms with Crippen molar-refractivity contribution in [2.75, 3.05) is 31.1 Å². The van der Waals surface area contributed by atoms with Crippen LogP contribution in [0.2, 0.25) is 5.02 Å². The maximum Gasteiger partial charge on any atom is 0.227 e. The third-order valence-electron chi connectivity index (χ3n) is 6.64. The molecule has 1 fully saturated rings. The molecule has 6 rings (SSSR count). The third kappa shape index (κ3) is 4.75. The summed E-state index contributed by atoms with van der Waals surface area (Å²) in [7, 11) is 0. The van der Waals surface area contributed by atoms with Gasteiger partial charge in [0, 0.05) is 31.2 Å². The van der Waals surface area contributed by atoms with Crippen LogP contribution in [0.1, 0.15) is 5.56 Å². The first-order valence-corrected chi connectivity index (χ1v) is 12.5. The summed E-state index contributed by atoms with van der Waals surface area (Å²) < 4.78 is 1.68. The smallest absolute Gasteiger partial charge is 0.227 e. The van der Waals surface area contributed by atoms with Crippen LogP contribution in [0.5, 0.6) is 0 Å². The molecule has 2 aromatic heterocycles. The molecular weight excluding hydrogens is 486 g/mol. The minimum atomic E-state index is 0.133. The first kappa shape index (κ1) is 23.1. The molecule has 0 radical (unpaired) electrons. The van der Waals surface area contributed by atoms with E-state index in [0.29, 0.717) is 48.8 Å². The van der Waals surface area contributed by atoms with E-state index in [2.05, 4.69) is 49.4 Å². The number of piperazine rings is 1. The standard InChI is InChI=1S/C28H24ClN7O/c29-23-10-12-24(13-11-23)36-28-26(32-33-36)27(30-19-31-28)35-16-14-34(15-17-35)25(37)18-20-6-8-22(9-7-20)21-4-2-1-3-5-21/h1-13,19H,14-18H2. The molecule has 1 aliphatic rings. The highest BCUT2D eigenvalue weighted by molar-refractivity contribution is 6.30. The van der Waals surface area contributed by atoms with Gasteiger partial charge in [-0.1, -0.05) is 71.4 Å². The van der Waals surface area contributed by atoms with Crippen molar-refractivity contribution in [3.8, 4) is 16.8 Å².